The average molecular weight is 262 g/mol. The fourth-order valence-electron chi connectivity index (χ4n) is 1.77. The third-order valence-electron chi connectivity index (χ3n) is 3.09. The zero-order chi connectivity index (χ0) is 13.3. The lowest BCUT2D eigenvalue weighted by Crippen LogP contribution is -2.25. The van der Waals surface area contributed by atoms with Crippen LogP contribution in [0.15, 0.2) is 47.4 Å². The summed E-state index contributed by atoms with van der Waals surface area (Å²) in [6.07, 6.45) is 0. The number of hydrogen-bond donors (Lipinski definition) is 0. The van der Waals surface area contributed by atoms with Gasteiger partial charge in [0.15, 0.2) is 9.84 Å². The maximum Gasteiger partial charge on any atom is 0.188 e. The summed E-state index contributed by atoms with van der Waals surface area (Å²) in [4.78, 5) is 11.4. The first-order chi connectivity index (χ1) is 8.43. The molecule has 0 fully saturated rings. The molecule has 2 rings (SSSR count). The summed E-state index contributed by atoms with van der Waals surface area (Å²) >= 11 is 0. The highest BCUT2D eigenvalue weighted by Gasteiger charge is 2.26. The van der Waals surface area contributed by atoms with E-state index in [0.29, 0.717) is 0 Å². The minimum atomic E-state index is -3.58. The molecule has 0 N–H and O–H groups in total. The molecular formula is C14H14O3S. The summed E-state index contributed by atoms with van der Waals surface area (Å²) in [5.74, 6) is -0.344. The molecule has 0 saturated carbocycles. The van der Waals surface area contributed by atoms with E-state index in [9.17, 15) is 13.2 Å². The molecule has 0 spiro atoms. The second kappa shape index (κ2) is 4.53. The number of carbonyl (C=O) groups excluding carboxylic acids is 1. The summed E-state index contributed by atoms with van der Waals surface area (Å²) in [5.41, 5.74) is 0. The van der Waals surface area contributed by atoms with Gasteiger partial charge in [0.1, 0.15) is 11.0 Å². The number of hydrogen-bond acceptors (Lipinski definition) is 3. The van der Waals surface area contributed by atoms with Crippen LogP contribution in [0.25, 0.3) is 10.8 Å². The van der Waals surface area contributed by atoms with Gasteiger partial charge in [0.05, 0.1) is 4.90 Å². The Labute approximate surface area is 106 Å². The Morgan fingerprint density at radius 2 is 1.67 bits per heavy atom. The van der Waals surface area contributed by atoms with E-state index in [4.69, 9.17) is 0 Å². The molecule has 2 aromatic rings. The van der Waals surface area contributed by atoms with E-state index in [1.165, 1.54) is 13.8 Å². The molecule has 0 radical (unpaired) electrons. The van der Waals surface area contributed by atoms with Gasteiger partial charge in [0, 0.05) is 0 Å². The average Bonchev–Trinajstić information content (AvgIpc) is 2.37. The Hall–Kier alpha value is -1.68. The number of carbonyl (C=O) groups is 1. The number of benzene rings is 2. The van der Waals surface area contributed by atoms with Crippen molar-refractivity contribution in [3.05, 3.63) is 42.5 Å². The van der Waals surface area contributed by atoms with Gasteiger partial charge in [-0.15, -0.1) is 0 Å². The number of ketones is 1. The van der Waals surface area contributed by atoms with Crippen LogP contribution in [0.2, 0.25) is 0 Å². The molecule has 0 heterocycles. The highest BCUT2D eigenvalue weighted by molar-refractivity contribution is 7.92. The van der Waals surface area contributed by atoms with Crippen LogP contribution in [0.1, 0.15) is 13.8 Å². The number of sulfone groups is 1. The van der Waals surface area contributed by atoms with Crippen molar-refractivity contribution in [2.45, 2.75) is 24.0 Å². The van der Waals surface area contributed by atoms with Crippen LogP contribution >= 0.6 is 0 Å². The fourth-order valence-corrected chi connectivity index (χ4v) is 3.16. The topological polar surface area (TPSA) is 51.2 Å². The molecule has 0 aromatic heterocycles. The van der Waals surface area contributed by atoms with Crippen molar-refractivity contribution in [3.63, 3.8) is 0 Å². The molecular weight excluding hydrogens is 248 g/mol. The molecule has 0 aliphatic heterocycles. The van der Waals surface area contributed by atoms with E-state index in [-0.39, 0.29) is 10.7 Å². The van der Waals surface area contributed by atoms with E-state index >= 15 is 0 Å². The van der Waals surface area contributed by atoms with Crippen LogP contribution in [0.3, 0.4) is 0 Å². The quantitative estimate of drug-likeness (QED) is 0.854. The lowest BCUT2D eigenvalue weighted by Gasteiger charge is -2.10. The molecule has 3 nitrogen and oxygen atoms in total. The number of fused-ring (bicyclic) bond motifs is 1. The third-order valence-corrected chi connectivity index (χ3v) is 5.26. The van der Waals surface area contributed by atoms with Gasteiger partial charge in [0.2, 0.25) is 0 Å². The first kappa shape index (κ1) is 12.8. The zero-order valence-corrected chi connectivity index (χ0v) is 11.1. The van der Waals surface area contributed by atoms with Crippen LogP contribution in [0, 0.1) is 0 Å². The van der Waals surface area contributed by atoms with Crippen LogP contribution in [-0.2, 0) is 14.6 Å². The standard InChI is InChI=1S/C14H14O3S/c1-10(15)11(2)18(16,17)14-8-7-12-5-3-4-6-13(12)9-14/h3-9,11H,1-2H3. The summed E-state index contributed by atoms with van der Waals surface area (Å²) in [6, 6.07) is 12.4. The van der Waals surface area contributed by atoms with E-state index in [2.05, 4.69) is 0 Å². The van der Waals surface area contributed by atoms with Gasteiger partial charge in [-0.05, 0) is 36.8 Å². The first-order valence-electron chi connectivity index (χ1n) is 5.66. The van der Waals surface area contributed by atoms with Crippen molar-refractivity contribution in [1.82, 2.24) is 0 Å². The van der Waals surface area contributed by atoms with E-state index in [1.54, 1.807) is 18.2 Å². The number of rotatable bonds is 3. The summed E-state index contributed by atoms with van der Waals surface area (Å²) in [5, 5.41) is 0.833. The van der Waals surface area contributed by atoms with Crippen LogP contribution in [0.4, 0.5) is 0 Å². The predicted octanol–water partition coefficient (Wildman–Crippen LogP) is 2.59. The minimum absolute atomic E-state index is 0.198. The van der Waals surface area contributed by atoms with E-state index in [0.717, 1.165) is 10.8 Å². The van der Waals surface area contributed by atoms with Crippen molar-refractivity contribution in [2.75, 3.05) is 0 Å². The second-order valence-corrected chi connectivity index (χ2v) is 6.58. The molecule has 0 bridgehead atoms. The molecule has 1 unspecified atom stereocenters. The van der Waals surface area contributed by atoms with Crippen molar-refractivity contribution < 1.29 is 13.2 Å². The molecule has 2 aromatic carbocycles. The van der Waals surface area contributed by atoms with Crippen LogP contribution in [0.5, 0.6) is 0 Å². The highest BCUT2D eigenvalue weighted by atomic mass is 32.2. The Balaban J connectivity index is 2.58. The fraction of sp³-hybridized carbons (Fsp3) is 0.214. The van der Waals surface area contributed by atoms with Gasteiger partial charge in [0.25, 0.3) is 0 Å². The van der Waals surface area contributed by atoms with E-state index < -0.39 is 15.1 Å². The highest BCUT2D eigenvalue weighted by Crippen LogP contribution is 2.22. The van der Waals surface area contributed by atoms with Crippen molar-refractivity contribution >= 4 is 26.4 Å². The predicted molar refractivity (Wildman–Crippen MR) is 71.3 cm³/mol. The van der Waals surface area contributed by atoms with Gasteiger partial charge in [-0.1, -0.05) is 30.3 Å². The first-order valence-corrected chi connectivity index (χ1v) is 7.21. The molecule has 18 heavy (non-hydrogen) atoms. The second-order valence-electron chi connectivity index (χ2n) is 4.31. The van der Waals surface area contributed by atoms with Gasteiger partial charge < -0.3 is 0 Å². The Morgan fingerprint density at radius 3 is 2.28 bits per heavy atom. The Bertz CT molecular complexity index is 702. The van der Waals surface area contributed by atoms with Gasteiger partial charge in [-0.25, -0.2) is 8.42 Å². The van der Waals surface area contributed by atoms with Crippen molar-refractivity contribution in [2.24, 2.45) is 0 Å². The third kappa shape index (κ3) is 2.16. The maximum atomic E-state index is 12.2. The summed E-state index contributed by atoms with van der Waals surface area (Å²) in [7, 11) is -3.58. The van der Waals surface area contributed by atoms with E-state index in [1.807, 2.05) is 24.3 Å². The summed E-state index contributed by atoms with van der Waals surface area (Å²) in [6.45, 7) is 2.72. The largest absolute Gasteiger partial charge is 0.299 e. The van der Waals surface area contributed by atoms with Gasteiger partial charge in [-0.2, -0.15) is 0 Å². The van der Waals surface area contributed by atoms with Crippen LogP contribution in [-0.4, -0.2) is 19.5 Å². The SMILES string of the molecule is CC(=O)C(C)S(=O)(=O)c1ccc2ccccc2c1. The lowest BCUT2D eigenvalue weighted by atomic mass is 10.1. The molecule has 4 heteroatoms. The molecule has 94 valence electrons. The normalized spacial score (nSPS) is 13.4. The monoisotopic (exact) mass is 262 g/mol. The zero-order valence-electron chi connectivity index (χ0n) is 10.3. The minimum Gasteiger partial charge on any atom is -0.299 e. The van der Waals surface area contributed by atoms with Crippen LogP contribution < -0.4 is 0 Å². The summed E-state index contributed by atoms with van der Waals surface area (Å²) < 4.78 is 24.4. The van der Waals surface area contributed by atoms with Crippen molar-refractivity contribution in [1.29, 1.82) is 0 Å². The van der Waals surface area contributed by atoms with Gasteiger partial charge in [-0.3, -0.25) is 4.79 Å². The molecule has 0 saturated heterocycles. The smallest absolute Gasteiger partial charge is 0.188 e. The molecule has 0 aliphatic rings. The Kier molecular flexibility index (Phi) is 3.22. The van der Waals surface area contributed by atoms with Gasteiger partial charge >= 0.3 is 0 Å². The molecule has 1 atom stereocenters. The lowest BCUT2D eigenvalue weighted by molar-refractivity contribution is -0.116. The maximum absolute atomic E-state index is 12.2. The molecule has 0 amide bonds. The number of Topliss-reactive ketones (excluding diaryl/α,β-unsaturated/α-hetero) is 1. The Morgan fingerprint density at radius 1 is 1.06 bits per heavy atom. The van der Waals surface area contributed by atoms with Crippen molar-refractivity contribution in [3.8, 4) is 0 Å². The molecule has 0 aliphatic carbocycles.